The van der Waals surface area contributed by atoms with Crippen molar-refractivity contribution >= 4 is 17.8 Å². The van der Waals surface area contributed by atoms with Gasteiger partial charge in [-0.1, -0.05) is 0 Å². The third-order valence-corrected chi connectivity index (χ3v) is 2.71. The standard InChI is InChI=1S/C13H14N2O6/c16-11(14-4-3-12(17)18)6-15-13(19)8-1-2-9-10(5-8)21-7-20-9/h1-2,5H,3-4,6-7H2,(H,14,16)(H,15,19)(H,17,18). The lowest BCUT2D eigenvalue weighted by molar-refractivity contribution is -0.136. The van der Waals surface area contributed by atoms with Crippen LogP contribution in [-0.2, 0) is 9.59 Å². The summed E-state index contributed by atoms with van der Waals surface area (Å²) in [5.41, 5.74) is 0.345. The van der Waals surface area contributed by atoms with Gasteiger partial charge >= 0.3 is 5.97 Å². The Kier molecular flexibility index (Phi) is 4.60. The van der Waals surface area contributed by atoms with Gasteiger partial charge < -0.3 is 25.2 Å². The van der Waals surface area contributed by atoms with Crippen molar-refractivity contribution in [3.8, 4) is 11.5 Å². The molecule has 3 N–H and O–H groups in total. The highest BCUT2D eigenvalue weighted by Crippen LogP contribution is 2.32. The predicted octanol–water partition coefficient (Wildman–Crippen LogP) is -0.264. The Bertz CT molecular complexity index is 572. The van der Waals surface area contributed by atoms with Gasteiger partial charge in [-0.2, -0.15) is 0 Å². The Morgan fingerprint density at radius 2 is 1.90 bits per heavy atom. The van der Waals surface area contributed by atoms with E-state index in [1.54, 1.807) is 12.1 Å². The van der Waals surface area contributed by atoms with Gasteiger partial charge in [0.2, 0.25) is 12.7 Å². The minimum absolute atomic E-state index is 0.0219. The van der Waals surface area contributed by atoms with Crippen molar-refractivity contribution in [1.29, 1.82) is 0 Å². The Hall–Kier alpha value is -2.77. The fourth-order valence-corrected chi connectivity index (χ4v) is 1.67. The Labute approximate surface area is 120 Å². The third-order valence-electron chi connectivity index (χ3n) is 2.71. The maximum absolute atomic E-state index is 11.8. The van der Waals surface area contributed by atoms with Crippen LogP contribution in [0.2, 0.25) is 0 Å². The summed E-state index contributed by atoms with van der Waals surface area (Å²) in [6, 6.07) is 4.70. The summed E-state index contributed by atoms with van der Waals surface area (Å²) in [5.74, 6) is -0.835. The molecule has 0 aromatic heterocycles. The molecule has 1 aliphatic rings. The molecule has 0 unspecified atom stereocenters. The molecular formula is C13H14N2O6. The molecule has 8 nitrogen and oxygen atoms in total. The third kappa shape index (κ3) is 4.10. The van der Waals surface area contributed by atoms with Crippen molar-refractivity contribution in [2.24, 2.45) is 0 Å². The molecule has 1 aromatic carbocycles. The molecule has 8 heteroatoms. The number of nitrogens with one attached hydrogen (secondary N) is 2. The highest BCUT2D eigenvalue weighted by molar-refractivity contribution is 5.97. The van der Waals surface area contributed by atoms with Crippen molar-refractivity contribution in [1.82, 2.24) is 10.6 Å². The lowest BCUT2D eigenvalue weighted by atomic mass is 10.2. The molecule has 0 bridgehead atoms. The van der Waals surface area contributed by atoms with E-state index in [0.29, 0.717) is 17.1 Å². The molecule has 0 fully saturated rings. The quantitative estimate of drug-likeness (QED) is 0.666. The number of carboxylic acids is 1. The van der Waals surface area contributed by atoms with Gasteiger partial charge in [0.15, 0.2) is 11.5 Å². The Morgan fingerprint density at radius 3 is 2.67 bits per heavy atom. The van der Waals surface area contributed by atoms with Crippen LogP contribution in [0.1, 0.15) is 16.8 Å². The van der Waals surface area contributed by atoms with Crippen molar-refractivity contribution < 1.29 is 29.0 Å². The van der Waals surface area contributed by atoms with E-state index in [1.807, 2.05) is 0 Å². The smallest absolute Gasteiger partial charge is 0.305 e. The minimum Gasteiger partial charge on any atom is -0.481 e. The largest absolute Gasteiger partial charge is 0.481 e. The van der Waals surface area contributed by atoms with Gasteiger partial charge in [-0.25, -0.2) is 0 Å². The van der Waals surface area contributed by atoms with Crippen LogP contribution in [0.15, 0.2) is 18.2 Å². The molecule has 2 rings (SSSR count). The molecule has 1 aliphatic heterocycles. The van der Waals surface area contributed by atoms with Gasteiger partial charge in [0.05, 0.1) is 13.0 Å². The summed E-state index contributed by atoms with van der Waals surface area (Å²) in [7, 11) is 0. The van der Waals surface area contributed by atoms with E-state index in [2.05, 4.69) is 10.6 Å². The zero-order valence-electron chi connectivity index (χ0n) is 11.0. The summed E-state index contributed by atoms with van der Waals surface area (Å²) in [6.45, 7) is -0.0899. The van der Waals surface area contributed by atoms with Gasteiger partial charge in [0.25, 0.3) is 5.91 Å². The van der Waals surface area contributed by atoms with Crippen molar-refractivity contribution in [3.05, 3.63) is 23.8 Å². The average Bonchev–Trinajstić information content (AvgIpc) is 2.91. The molecule has 112 valence electrons. The first-order valence-corrected chi connectivity index (χ1v) is 6.22. The number of carbonyl (C=O) groups is 3. The van der Waals surface area contributed by atoms with Crippen LogP contribution < -0.4 is 20.1 Å². The maximum Gasteiger partial charge on any atom is 0.305 e. The fraction of sp³-hybridized carbons (Fsp3) is 0.308. The summed E-state index contributed by atoms with van der Waals surface area (Å²) in [6.07, 6.45) is -0.165. The topological polar surface area (TPSA) is 114 Å². The lowest BCUT2D eigenvalue weighted by Crippen LogP contribution is -2.37. The summed E-state index contributed by atoms with van der Waals surface area (Å²) in [4.78, 5) is 33.5. The predicted molar refractivity (Wildman–Crippen MR) is 70.2 cm³/mol. The first-order valence-electron chi connectivity index (χ1n) is 6.22. The highest BCUT2D eigenvalue weighted by atomic mass is 16.7. The number of carboxylic acid groups (broad SMARTS) is 1. The van der Waals surface area contributed by atoms with Crippen LogP contribution in [0.5, 0.6) is 11.5 Å². The summed E-state index contributed by atoms with van der Waals surface area (Å²) < 4.78 is 10.3. The summed E-state index contributed by atoms with van der Waals surface area (Å²) in [5, 5.41) is 13.2. The Morgan fingerprint density at radius 1 is 1.14 bits per heavy atom. The van der Waals surface area contributed by atoms with E-state index in [1.165, 1.54) is 6.07 Å². The number of ether oxygens (including phenoxy) is 2. The minimum atomic E-state index is -1.00. The van der Waals surface area contributed by atoms with E-state index in [9.17, 15) is 14.4 Å². The number of hydrogen-bond acceptors (Lipinski definition) is 5. The van der Waals surface area contributed by atoms with E-state index >= 15 is 0 Å². The molecule has 0 spiro atoms. The molecule has 0 atom stereocenters. The van der Waals surface area contributed by atoms with Crippen LogP contribution in [-0.4, -0.2) is 42.8 Å². The molecule has 0 radical (unpaired) electrons. The van der Waals surface area contributed by atoms with Crippen molar-refractivity contribution in [3.63, 3.8) is 0 Å². The van der Waals surface area contributed by atoms with Gasteiger partial charge in [-0.05, 0) is 18.2 Å². The van der Waals surface area contributed by atoms with Crippen molar-refractivity contribution in [2.45, 2.75) is 6.42 Å². The number of rotatable bonds is 6. The van der Waals surface area contributed by atoms with Crippen molar-refractivity contribution in [2.75, 3.05) is 19.9 Å². The SMILES string of the molecule is O=C(O)CCNC(=O)CNC(=O)c1ccc2c(c1)OCO2. The number of amides is 2. The van der Waals surface area contributed by atoms with Gasteiger partial charge in [0, 0.05) is 12.1 Å². The number of benzene rings is 1. The van der Waals surface area contributed by atoms with Crippen LogP contribution >= 0.6 is 0 Å². The van der Waals surface area contributed by atoms with Crippen LogP contribution in [0.25, 0.3) is 0 Å². The molecule has 1 heterocycles. The highest BCUT2D eigenvalue weighted by Gasteiger charge is 2.16. The average molecular weight is 294 g/mol. The first kappa shape index (κ1) is 14.6. The normalized spacial score (nSPS) is 11.8. The second-order valence-electron chi connectivity index (χ2n) is 4.24. The molecule has 0 saturated heterocycles. The fourth-order valence-electron chi connectivity index (χ4n) is 1.67. The molecule has 2 amide bonds. The van der Waals surface area contributed by atoms with Crippen LogP contribution in [0, 0.1) is 0 Å². The maximum atomic E-state index is 11.8. The van der Waals surface area contributed by atoms with E-state index in [4.69, 9.17) is 14.6 Å². The number of fused-ring (bicyclic) bond motifs is 1. The van der Waals surface area contributed by atoms with Gasteiger partial charge in [-0.3, -0.25) is 14.4 Å². The number of carbonyl (C=O) groups excluding carboxylic acids is 2. The molecule has 0 saturated carbocycles. The van der Waals surface area contributed by atoms with E-state index in [0.717, 1.165) is 0 Å². The Balaban J connectivity index is 1.79. The number of hydrogen-bond donors (Lipinski definition) is 3. The summed E-state index contributed by atoms with van der Waals surface area (Å²) >= 11 is 0. The zero-order valence-corrected chi connectivity index (χ0v) is 11.0. The molecular weight excluding hydrogens is 280 g/mol. The first-order chi connectivity index (χ1) is 10.1. The van der Waals surface area contributed by atoms with Gasteiger partial charge in [0.1, 0.15) is 0 Å². The van der Waals surface area contributed by atoms with E-state index < -0.39 is 17.8 Å². The molecule has 21 heavy (non-hydrogen) atoms. The van der Waals surface area contributed by atoms with E-state index in [-0.39, 0.29) is 26.3 Å². The lowest BCUT2D eigenvalue weighted by Gasteiger charge is -2.06. The van der Waals surface area contributed by atoms with Crippen LogP contribution in [0.3, 0.4) is 0 Å². The zero-order chi connectivity index (χ0) is 15.2. The number of aliphatic carboxylic acids is 1. The molecule has 1 aromatic rings. The second kappa shape index (κ2) is 6.60. The molecule has 0 aliphatic carbocycles. The van der Waals surface area contributed by atoms with Crippen LogP contribution in [0.4, 0.5) is 0 Å². The second-order valence-corrected chi connectivity index (χ2v) is 4.24. The van der Waals surface area contributed by atoms with Gasteiger partial charge in [-0.15, -0.1) is 0 Å². The monoisotopic (exact) mass is 294 g/mol.